The zero-order valence-electron chi connectivity index (χ0n) is 11.2. The first-order chi connectivity index (χ1) is 9.47. The van der Waals surface area contributed by atoms with Crippen molar-refractivity contribution in [1.82, 2.24) is 4.98 Å². The lowest BCUT2D eigenvalue weighted by Crippen LogP contribution is -2.05. The van der Waals surface area contributed by atoms with E-state index in [9.17, 15) is 9.90 Å². The second-order valence-electron chi connectivity index (χ2n) is 4.48. The number of pyridine rings is 1. The smallest absolute Gasteiger partial charge is 0.338 e. The van der Waals surface area contributed by atoms with Gasteiger partial charge in [-0.25, -0.2) is 9.78 Å². The number of aromatic carboxylic acids is 1. The molecule has 0 spiro atoms. The Bertz CT molecular complexity index is 641. The molecule has 5 heteroatoms. The lowest BCUT2D eigenvalue weighted by atomic mass is 10.1. The molecule has 2 rings (SSSR count). The van der Waals surface area contributed by atoms with Crippen LogP contribution in [0.5, 0.6) is 0 Å². The van der Waals surface area contributed by atoms with Crippen molar-refractivity contribution in [3.05, 3.63) is 57.2 Å². The monoisotopic (exact) mass is 351 g/mol. The number of hydrogen-bond donors (Lipinski definition) is 1. The molecule has 0 bridgehead atoms. The van der Waals surface area contributed by atoms with Crippen LogP contribution in [0.3, 0.4) is 0 Å². The van der Waals surface area contributed by atoms with E-state index >= 15 is 0 Å². The molecular formula is C15H14BrNO2S. The standard InChI is InChI=1S/C15H14BrNO2S/c1-9-7-10(2)17-14(13(9)15(18)19)20-8-11-3-5-12(16)6-4-11/h3-7H,8H2,1-2H3,(H,18,19). The largest absolute Gasteiger partial charge is 0.478 e. The first-order valence-corrected chi connectivity index (χ1v) is 7.84. The van der Waals surface area contributed by atoms with Crippen molar-refractivity contribution in [1.29, 1.82) is 0 Å². The topological polar surface area (TPSA) is 50.2 Å². The summed E-state index contributed by atoms with van der Waals surface area (Å²) in [6.07, 6.45) is 0. The fourth-order valence-electron chi connectivity index (χ4n) is 1.90. The maximum Gasteiger partial charge on any atom is 0.338 e. The Morgan fingerprint density at radius 1 is 1.30 bits per heavy atom. The minimum atomic E-state index is -0.923. The Morgan fingerprint density at radius 2 is 1.95 bits per heavy atom. The van der Waals surface area contributed by atoms with E-state index in [1.165, 1.54) is 11.8 Å². The van der Waals surface area contributed by atoms with Crippen molar-refractivity contribution in [2.24, 2.45) is 0 Å². The highest BCUT2D eigenvalue weighted by atomic mass is 79.9. The molecule has 0 aliphatic rings. The average Bonchev–Trinajstić information content (AvgIpc) is 2.36. The van der Waals surface area contributed by atoms with Crippen molar-refractivity contribution in [2.75, 3.05) is 0 Å². The number of halogens is 1. The summed E-state index contributed by atoms with van der Waals surface area (Å²) in [4.78, 5) is 15.7. The maximum absolute atomic E-state index is 11.4. The van der Waals surface area contributed by atoms with Crippen LogP contribution in [0.15, 0.2) is 39.8 Å². The number of hydrogen-bond acceptors (Lipinski definition) is 3. The number of carbonyl (C=O) groups is 1. The molecule has 1 aromatic heterocycles. The van der Waals surface area contributed by atoms with Gasteiger partial charge in [-0.3, -0.25) is 0 Å². The molecule has 0 fully saturated rings. The zero-order chi connectivity index (χ0) is 14.7. The number of thioether (sulfide) groups is 1. The number of nitrogens with zero attached hydrogens (tertiary/aromatic N) is 1. The molecule has 0 saturated carbocycles. The minimum Gasteiger partial charge on any atom is -0.478 e. The number of aryl methyl sites for hydroxylation is 2. The highest BCUT2D eigenvalue weighted by molar-refractivity contribution is 9.10. The molecule has 0 aliphatic heterocycles. The predicted octanol–water partition coefficient (Wildman–Crippen LogP) is 4.45. The van der Waals surface area contributed by atoms with Crippen LogP contribution >= 0.6 is 27.7 Å². The van der Waals surface area contributed by atoms with E-state index in [1.807, 2.05) is 38.1 Å². The molecule has 1 aromatic carbocycles. The van der Waals surface area contributed by atoms with Crippen molar-refractivity contribution >= 4 is 33.7 Å². The molecule has 1 N–H and O–H groups in total. The van der Waals surface area contributed by atoms with Crippen LogP contribution in [-0.4, -0.2) is 16.1 Å². The van der Waals surface area contributed by atoms with E-state index in [2.05, 4.69) is 20.9 Å². The summed E-state index contributed by atoms with van der Waals surface area (Å²) in [7, 11) is 0. The molecule has 20 heavy (non-hydrogen) atoms. The highest BCUT2D eigenvalue weighted by Crippen LogP contribution is 2.27. The second-order valence-corrected chi connectivity index (χ2v) is 6.36. The molecule has 0 unspecified atom stereocenters. The van der Waals surface area contributed by atoms with Gasteiger partial charge in [0, 0.05) is 15.9 Å². The van der Waals surface area contributed by atoms with Crippen LogP contribution in [0.4, 0.5) is 0 Å². The number of benzene rings is 1. The van der Waals surface area contributed by atoms with Crippen LogP contribution in [0.2, 0.25) is 0 Å². The third-order valence-electron chi connectivity index (χ3n) is 2.81. The molecule has 2 aromatic rings. The average molecular weight is 352 g/mol. The second kappa shape index (κ2) is 6.41. The van der Waals surface area contributed by atoms with Gasteiger partial charge in [0.15, 0.2) is 0 Å². The van der Waals surface area contributed by atoms with Crippen LogP contribution in [0, 0.1) is 13.8 Å². The summed E-state index contributed by atoms with van der Waals surface area (Å²) < 4.78 is 1.03. The summed E-state index contributed by atoms with van der Waals surface area (Å²) in [5.74, 6) is -0.225. The SMILES string of the molecule is Cc1cc(C)c(C(=O)O)c(SCc2ccc(Br)cc2)n1. The Labute approximate surface area is 130 Å². The van der Waals surface area contributed by atoms with E-state index in [1.54, 1.807) is 6.07 Å². The third-order valence-corrected chi connectivity index (χ3v) is 4.39. The summed E-state index contributed by atoms with van der Waals surface area (Å²) in [6.45, 7) is 3.68. The van der Waals surface area contributed by atoms with E-state index < -0.39 is 5.97 Å². The van der Waals surface area contributed by atoms with Gasteiger partial charge in [0.1, 0.15) is 5.03 Å². The van der Waals surface area contributed by atoms with Gasteiger partial charge in [0.05, 0.1) is 5.56 Å². The maximum atomic E-state index is 11.4. The van der Waals surface area contributed by atoms with E-state index in [4.69, 9.17) is 0 Å². The number of carboxylic acids is 1. The van der Waals surface area contributed by atoms with Crippen molar-refractivity contribution in [2.45, 2.75) is 24.6 Å². The molecule has 0 aliphatic carbocycles. The molecule has 0 amide bonds. The summed E-state index contributed by atoms with van der Waals surface area (Å²) in [5.41, 5.74) is 3.03. The number of rotatable bonds is 4. The minimum absolute atomic E-state index is 0.303. The van der Waals surface area contributed by atoms with Gasteiger partial charge in [-0.15, -0.1) is 11.8 Å². The fourth-order valence-corrected chi connectivity index (χ4v) is 3.26. The number of carboxylic acid groups (broad SMARTS) is 1. The Balaban J connectivity index is 2.24. The van der Waals surface area contributed by atoms with Crippen molar-refractivity contribution < 1.29 is 9.90 Å². The van der Waals surface area contributed by atoms with Crippen LogP contribution in [-0.2, 0) is 5.75 Å². The zero-order valence-corrected chi connectivity index (χ0v) is 13.6. The Kier molecular flexibility index (Phi) is 4.83. The molecule has 0 radical (unpaired) electrons. The van der Waals surface area contributed by atoms with E-state index in [0.29, 0.717) is 16.3 Å². The van der Waals surface area contributed by atoms with E-state index in [-0.39, 0.29) is 0 Å². The van der Waals surface area contributed by atoms with E-state index in [0.717, 1.165) is 21.3 Å². The first-order valence-electron chi connectivity index (χ1n) is 6.06. The predicted molar refractivity (Wildman–Crippen MR) is 84.4 cm³/mol. The van der Waals surface area contributed by atoms with Crippen molar-refractivity contribution in [3.8, 4) is 0 Å². The van der Waals surface area contributed by atoms with Crippen LogP contribution in [0.1, 0.15) is 27.2 Å². The summed E-state index contributed by atoms with van der Waals surface area (Å²) in [5, 5.41) is 9.89. The molecule has 0 saturated heterocycles. The molecule has 3 nitrogen and oxygen atoms in total. The van der Waals surface area contributed by atoms with Gasteiger partial charge in [-0.05, 0) is 43.2 Å². The van der Waals surface area contributed by atoms with Gasteiger partial charge in [0.25, 0.3) is 0 Å². The van der Waals surface area contributed by atoms with Gasteiger partial charge < -0.3 is 5.11 Å². The lowest BCUT2D eigenvalue weighted by molar-refractivity contribution is 0.0691. The van der Waals surface area contributed by atoms with Gasteiger partial charge >= 0.3 is 5.97 Å². The van der Waals surface area contributed by atoms with Gasteiger partial charge in [-0.1, -0.05) is 28.1 Å². The van der Waals surface area contributed by atoms with Crippen LogP contribution in [0.25, 0.3) is 0 Å². The lowest BCUT2D eigenvalue weighted by Gasteiger charge is -2.09. The molecule has 1 heterocycles. The van der Waals surface area contributed by atoms with Gasteiger partial charge in [0.2, 0.25) is 0 Å². The fraction of sp³-hybridized carbons (Fsp3) is 0.200. The van der Waals surface area contributed by atoms with Gasteiger partial charge in [-0.2, -0.15) is 0 Å². The normalized spacial score (nSPS) is 10.6. The van der Waals surface area contributed by atoms with Crippen LogP contribution < -0.4 is 0 Å². The number of aromatic nitrogens is 1. The third kappa shape index (κ3) is 3.61. The Morgan fingerprint density at radius 3 is 2.55 bits per heavy atom. The summed E-state index contributed by atoms with van der Waals surface area (Å²) >= 11 is 4.85. The Hall–Kier alpha value is -1.33. The molecule has 104 valence electrons. The highest BCUT2D eigenvalue weighted by Gasteiger charge is 2.16. The molecule has 0 atom stereocenters. The summed E-state index contributed by atoms with van der Waals surface area (Å²) in [6, 6.07) is 9.78. The first kappa shape index (κ1) is 15.1. The molecular weight excluding hydrogens is 338 g/mol. The quantitative estimate of drug-likeness (QED) is 0.826. The van der Waals surface area contributed by atoms with Crippen molar-refractivity contribution in [3.63, 3.8) is 0 Å².